The number of rotatable bonds is 13. The highest BCUT2D eigenvalue weighted by atomic mass is 16.5. The molecule has 3 aromatic carbocycles. The molecule has 2 amide bonds. The van der Waals surface area contributed by atoms with Gasteiger partial charge in [0.15, 0.2) is 6.61 Å². The van der Waals surface area contributed by atoms with Crippen LogP contribution in [-0.2, 0) is 20.9 Å². The maximum atomic E-state index is 14.5. The third kappa shape index (κ3) is 7.08. The summed E-state index contributed by atoms with van der Waals surface area (Å²) < 4.78 is 28.0. The van der Waals surface area contributed by atoms with E-state index in [-0.39, 0.29) is 36.3 Å². The number of hydrogen-bond donors (Lipinski definition) is 1. The Balaban J connectivity index is 1.22. The van der Waals surface area contributed by atoms with Gasteiger partial charge in [0.05, 0.1) is 25.8 Å². The van der Waals surface area contributed by atoms with E-state index in [0.29, 0.717) is 55.7 Å². The molecule has 2 aliphatic heterocycles. The van der Waals surface area contributed by atoms with Crippen LogP contribution in [0.3, 0.4) is 0 Å². The number of methoxy groups -OCH3 is 3. The number of amides is 2. The van der Waals surface area contributed by atoms with Crippen molar-refractivity contribution >= 4 is 23.2 Å². The topological polar surface area (TPSA) is 98.8 Å². The molecule has 2 fully saturated rings. The molecule has 0 radical (unpaired) electrons. The summed E-state index contributed by atoms with van der Waals surface area (Å²) >= 11 is 0. The summed E-state index contributed by atoms with van der Waals surface area (Å²) in [5.74, 6) is 2.61. The molecule has 2 atom stereocenters. The van der Waals surface area contributed by atoms with Crippen LogP contribution in [0.1, 0.15) is 42.7 Å². The molecular weight excluding hydrogens is 586 g/mol. The number of nitrogens with one attached hydrogen (secondary N) is 1. The maximum absolute atomic E-state index is 14.5. The first-order chi connectivity index (χ1) is 22.5. The number of carbonyl (C=O) groups is 2. The van der Waals surface area contributed by atoms with Crippen molar-refractivity contribution in [1.82, 2.24) is 5.32 Å². The molecular formula is C36H43N3O7. The largest absolute Gasteiger partial charge is 0.497 e. The predicted molar refractivity (Wildman–Crippen MR) is 175 cm³/mol. The summed E-state index contributed by atoms with van der Waals surface area (Å²) in [7, 11) is 4.91. The second-order valence-corrected chi connectivity index (χ2v) is 12.1. The number of hydrogen-bond acceptors (Lipinski definition) is 8. The van der Waals surface area contributed by atoms with Crippen LogP contribution in [0.15, 0.2) is 60.7 Å². The Morgan fingerprint density at radius 1 is 0.978 bits per heavy atom. The Kier molecular flexibility index (Phi) is 9.94. The average molecular weight is 630 g/mol. The lowest BCUT2D eigenvalue weighted by atomic mass is 9.80. The average Bonchev–Trinajstić information content (AvgIpc) is 3.93. The highest BCUT2D eigenvalue weighted by Crippen LogP contribution is 2.42. The number of anilines is 2. The van der Waals surface area contributed by atoms with Crippen LogP contribution in [0.25, 0.3) is 0 Å². The lowest BCUT2D eigenvalue weighted by molar-refractivity contribution is -0.123. The summed E-state index contributed by atoms with van der Waals surface area (Å²) in [4.78, 5) is 31.1. The van der Waals surface area contributed by atoms with E-state index in [1.165, 1.54) is 0 Å². The minimum atomic E-state index is -0.251. The van der Waals surface area contributed by atoms with Crippen molar-refractivity contribution in [3.05, 3.63) is 71.8 Å². The fourth-order valence-electron chi connectivity index (χ4n) is 6.45. The van der Waals surface area contributed by atoms with Crippen molar-refractivity contribution in [2.75, 3.05) is 64.0 Å². The van der Waals surface area contributed by atoms with Crippen molar-refractivity contribution in [1.29, 1.82) is 0 Å². The quantitative estimate of drug-likeness (QED) is 0.266. The van der Waals surface area contributed by atoms with Crippen LogP contribution in [-0.4, -0.2) is 72.0 Å². The van der Waals surface area contributed by atoms with Gasteiger partial charge in [-0.1, -0.05) is 12.1 Å². The lowest BCUT2D eigenvalue weighted by Crippen LogP contribution is -2.47. The van der Waals surface area contributed by atoms with Crippen LogP contribution in [0.5, 0.6) is 23.0 Å². The molecule has 6 rings (SSSR count). The van der Waals surface area contributed by atoms with Gasteiger partial charge < -0.3 is 38.8 Å². The summed E-state index contributed by atoms with van der Waals surface area (Å²) in [6, 6.07) is 19.7. The van der Waals surface area contributed by atoms with E-state index in [1.54, 1.807) is 26.2 Å². The molecule has 0 spiro atoms. The molecule has 3 aromatic rings. The minimum Gasteiger partial charge on any atom is -0.497 e. The highest BCUT2D eigenvalue weighted by Gasteiger charge is 2.41. The molecule has 0 unspecified atom stereocenters. The molecule has 0 bridgehead atoms. The molecule has 0 aromatic heterocycles. The zero-order chi connectivity index (χ0) is 32.0. The molecule has 1 saturated carbocycles. The Hall–Kier alpha value is -4.28. The number of piperidine rings is 1. The van der Waals surface area contributed by atoms with Crippen molar-refractivity contribution in [3.63, 3.8) is 0 Å². The van der Waals surface area contributed by atoms with Gasteiger partial charge in [-0.2, -0.15) is 0 Å². The van der Waals surface area contributed by atoms with Crippen LogP contribution in [0.2, 0.25) is 0 Å². The van der Waals surface area contributed by atoms with E-state index in [9.17, 15) is 9.59 Å². The molecule has 2 heterocycles. The Morgan fingerprint density at radius 3 is 2.52 bits per heavy atom. The maximum Gasteiger partial charge on any atom is 0.265 e. The van der Waals surface area contributed by atoms with Gasteiger partial charge in [0.2, 0.25) is 5.91 Å². The summed E-state index contributed by atoms with van der Waals surface area (Å²) in [6.07, 6.45) is 3.46. The summed E-state index contributed by atoms with van der Waals surface area (Å²) in [6.45, 7) is 2.88. The standard InChI is InChI=1S/C36H43N3O7/c1-42-15-5-14-38-33-19-27(10-11-34(33)46-23-35(38)40)39(26-8-9-26)36(41)32-21-37-13-12-31(32)25-6-4-7-28(18-25)45-22-24-16-29(43-2)20-30(17-24)44-3/h4,6-7,10-11,16-20,26,31-32,37H,5,8-9,12-15,21-23H2,1-3H3/t31-,32+/m1/s1. The second kappa shape index (κ2) is 14.4. The van der Waals surface area contributed by atoms with Crippen LogP contribution in [0.4, 0.5) is 11.4 Å². The SMILES string of the molecule is COCCCN1C(=O)COc2ccc(N(C(=O)[C@H]3CNCC[C@@H]3c3cccc(OCc4cc(OC)cc(OC)c4)c3)C3CC3)cc21. The minimum absolute atomic E-state index is 0.0105. The molecule has 1 saturated heterocycles. The first kappa shape index (κ1) is 31.7. The van der Waals surface area contributed by atoms with Crippen molar-refractivity contribution in [2.45, 2.75) is 44.2 Å². The van der Waals surface area contributed by atoms with Crippen molar-refractivity contribution < 1.29 is 33.3 Å². The fourth-order valence-corrected chi connectivity index (χ4v) is 6.45. The highest BCUT2D eigenvalue weighted by molar-refractivity contribution is 6.01. The van der Waals surface area contributed by atoms with E-state index in [2.05, 4.69) is 17.4 Å². The molecule has 1 aliphatic carbocycles. The first-order valence-corrected chi connectivity index (χ1v) is 16.0. The molecule has 1 N–H and O–H groups in total. The van der Waals surface area contributed by atoms with Gasteiger partial charge in [0, 0.05) is 44.6 Å². The van der Waals surface area contributed by atoms with E-state index in [1.807, 2.05) is 53.4 Å². The molecule has 46 heavy (non-hydrogen) atoms. The van der Waals surface area contributed by atoms with Gasteiger partial charge >= 0.3 is 0 Å². The third-order valence-corrected chi connectivity index (χ3v) is 8.95. The smallest absolute Gasteiger partial charge is 0.265 e. The Bertz CT molecular complexity index is 1520. The number of fused-ring (bicyclic) bond motifs is 1. The monoisotopic (exact) mass is 629 g/mol. The first-order valence-electron chi connectivity index (χ1n) is 16.0. The Morgan fingerprint density at radius 2 is 1.78 bits per heavy atom. The van der Waals surface area contributed by atoms with E-state index in [0.717, 1.165) is 48.4 Å². The van der Waals surface area contributed by atoms with Gasteiger partial charge in [-0.15, -0.1) is 0 Å². The van der Waals surface area contributed by atoms with Gasteiger partial charge in [0.25, 0.3) is 5.91 Å². The predicted octanol–water partition coefficient (Wildman–Crippen LogP) is 4.93. The lowest BCUT2D eigenvalue weighted by Gasteiger charge is -2.36. The van der Waals surface area contributed by atoms with Crippen LogP contribution >= 0.6 is 0 Å². The van der Waals surface area contributed by atoms with E-state index < -0.39 is 0 Å². The summed E-state index contributed by atoms with van der Waals surface area (Å²) in [5, 5.41) is 3.47. The van der Waals surface area contributed by atoms with Crippen molar-refractivity contribution in [2.24, 2.45) is 5.92 Å². The van der Waals surface area contributed by atoms with Gasteiger partial charge in [0.1, 0.15) is 29.6 Å². The van der Waals surface area contributed by atoms with Crippen LogP contribution in [0, 0.1) is 5.92 Å². The van der Waals surface area contributed by atoms with Crippen molar-refractivity contribution in [3.8, 4) is 23.0 Å². The number of carbonyl (C=O) groups excluding carboxylic acids is 2. The summed E-state index contributed by atoms with van der Waals surface area (Å²) in [5.41, 5.74) is 3.53. The second-order valence-electron chi connectivity index (χ2n) is 12.1. The normalized spacial score (nSPS) is 19.2. The zero-order valence-corrected chi connectivity index (χ0v) is 26.8. The molecule has 3 aliphatic rings. The molecule has 10 nitrogen and oxygen atoms in total. The number of benzene rings is 3. The molecule has 244 valence electrons. The zero-order valence-electron chi connectivity index (χ0n) is 26.8. The number of ether oxygens (including phenoxy) is 5. The molecule has 10 heteroatoms. The Labute approximate surface area is 270 Å². The number of nitrogens with zero attached hydrogens (tertiary/aromatic N) is 2. The third-order valence-electron chi connectivity index (χ3n) is 8.95. The van der Waals surface area contributed by atoms with E-state index >= 15 is 0 Å². The van der Waals surface area contributed by atoms with Gasteiger partial charge in [-0.3, -0.25) is 9.59 Å². The van der Waals surface area contributed by atoms with Gasteiger partial charge in [-0.25, -0.2) is 0 Å². The van der Waals surface area contributed by atoms with E-state index in [4.69, 9.17) is 23.7 Å². The van der Waals surface area contributed by atoms with Crippen LogP contribution < -0.4 is 34.1 Å². The van der Waals surface area contributed by atoms with Gasteiger partial charge in [-0.05, 0) is 91.7 Å². The fraction of sp³-hybridized carbons (Fsp3) is 0.444.